The zero-order chi connectivity index (χ0) is 14.4. The van der Waals surface area contributed by atoms with E-state index in [9.17, 15) is 0 Å². The number of nitrogens with two attached hydrogens (primary N) is 1. The molecule has 1 atom stereocenters. The molecule has 0 amide bonds. The normalized spacial score (nSPS) is 18.6. The fraction of sp³-hybridized carbons (Fsp3) is 0.647. The van der Waals surface area contributed by atoms with Gasteiger partial charge in [0.25, 0.3) is 0 Å². The molecule has 2 N–H and O–H groups in total. The minimum absolute atomic E-state index is 0.171. The number of benzene rings is 1. The summed E-state index contributed by atoms with van der Waals surface area (Å²) < 4.78 is 6.25. The molecule has 1 saturated carbocycles. The second kappa shape index (κ2) is 7.90. The van der Waals surface area contributed by atoms with E-state index in [0.717, 1.165) is 29.2 Å². The molecular formula is C17H26ClNO. The van der Waals surface area contributed by atoms with E-state index in [4.69, 9.17) is 22.1 Å². The number of ether oxygens (including phenoxy) is 1. The van der Waals surface area contributed by atoms with Gasteiger partial charge in [-0.1, -0.05) is 31.4 Å². The lowest BCUT2D eigenvalue weighted by molar-refractivity contribution is 0.181. The number of hydrogen-bond acceptors (Lipinski definition) is 2. The summed E-state index contributed by atoms with van der Waals surface area (Å²) in [6, 6.07) is 6.09. The topological polar surface area (TPSA) is 35.2 Å². The van der Waals surface area contributed by atoms with E-state index in [1.54, 1.807) is 0 Å². The summed E-state index contributed by atoms with van der Waals surface area (Å²) in [4.78, 5) is 0. The van der Waals surface area contributed by atoms with Crippen LogP contribution in [0.4, 0.5) is 0 Å². The van der Waals surface area contributed by atoms with Gasteiger partial charge in [0.05, 0.1) is 6.10 Å². The van der Waals surface area contributed by atoms with Crippen LogP contribution >= 0.6 is 11.6 Å². The van der Waals surface area contributed by atoms with E-state index >= 15 is 0 Å². The van der Waals surface area contributed by atoms with Crippen molar-refractivity contribution in [1.29, 1.82) is 0 Å². The summed E-state index contributed by atoms with van der Waals surface area (Å²) in [6.07, 6.45) is 9.74. The summed E-state index contributed by atoms with van der Waals surface area (Å²) in [5.74, 6) is 0.977. The minimum Gasteiger partial charge on any atom is -0.490 e. The van der Waals surface area contributed by atoms with Crippen molar-refractivity contribution < 1.29 is 4.74 Å². The van der Waals surface area contributed by atoms with Crippen molar-refractivity contribution in [3.05, 3.63) is 28.8 Å². The average Bonchev–Trinajstić information content (AvgIpc) is 2.70. The SMILES string of the molecule is CCC(N)Cc1cc(Cl)ccc1OC1CCCCCC1. The highest BCUT2D eigenvalue weighted by Gasteiger charge is 2.16. The van der Waals surface area contributed by atoms with Gasteiger partial charge in [0.15, 0.2) is 0 Å². The number of rotatable bonds is 5. The predicted octanol–water partition coefficient (Wildman–Crippen LogP) is 4.72. The van der Waals surface area contributed by atoms with Crippen LogP contribution in [0.1, 0.15) is 57.4 Å². The summed E-state index contributed by atoms with van der Waals surface area (Å²) in [5, 5.41) is 0.761. The van der Waals surface area contributed by atoms with Crippen molar-refractivity contribution in [2.45, 2.75) is 70.4 Å². The molecule has 0 aromatic heterocycles. The maximum absolute atomic E-state index is 6.25. The van der Waals surface area contributed by atoms with E-state index in [2.05, 4.69) is 6.92 Å². The quantitative estimate of drug-likeness (QED) is 0.798. The van der Waals surface area contributed by atoms with E-state index in [0.29, 0.717) is 6.10 Å². The van der Waals surface area contributed by atoms with Gasteiger partial charge in [-0.2, -0.15) is 0 Å². The first-order valence-electron chi connectivity index (χ1n) is 7.89. The first-order valence-corrected chi connectivity index (χ1v) is 8.27. The van der Waals surface area contributed by atoms with Gasteiger partial charge >= 0.3 is 0 Å². The van der Waals surface area contributed by atoms with Gasteiger partial charge in [-0.3, -0.25) is 0 Å². The highest BCUT2D eigenvalue weighted by atomic mass is 35.5. The fourth-order valence-corrected chi connectivity index (χ4v) is 2.98. The molecule has 1 unspecified atom stereocenters. The Bertz CT molecular complexity index is 413. The van der Waals surface area contributed by atoms with Crippen molar-refractivity contribution in [3.63, 3.8) is 0 Å². The van der Waals surface area contributed by atoms with E-state index in [-0.39, 0.29) is 6.04 Å². The van der Waals surface area contributed by atoms with Crippen LogP contribution in [0, 0.1) is 0 Å². The van der Waals surface area contributed by atoms with Crippen LogP contribution in [0.3, 0.4) is 0 Å². The highest BCUT2D eigenvalue weighted by molar-refractivity contribution is 6.30. The second-order valence-corrected chi connectivity index (χ2v) is 6.29. The standard InChI is InChI=1S/C17H26ClNO/c1-2-15(19)12-13-11-14(18)9-10-17(13)20-16-7-5-3-4-6-8-16/h9-11,15-16H,2-8,12,19H2,1H3. The molecule has 1 aliphatic rings. The van der Waals surface area contributed by atoms with Gasteiger partial charge in [-0.15, -0.1) is 0 Å². The minimum atomic E-state index is 0.171. The van der Waals surface area contributed by atoms with Crippen LogP contribution in [0.5, 0.6) is 5.75 Å². The maximum atomic E-state index is 6.25. The van der Waals surface area contributed by atoms with Crippen LogP contribution in [0.2, 0.25) is 5.02 Å². The molecule has 0 heterocycles. The van der Waals surface area contributed by atoms with Crippen molar-refractivity contribution in [3.8, 4) is 5.75 Å². The molecule has 3 heteroatoms. The third kappa shape index (κ3) is 4.68. The van der Waals surface area contributed by atoms with Crippen molar-refractivity contribution in [1.82, 2.24) is 0 Å². The Morgan fingerprint density at radius 1 is 1.25 bits per heavy atom. The lowest BCUT2D eigenvalue weighted by Gasteiger charge is -2.20. The second-order valence-electron chi connectivity index (χ2n) is 5.86. The first-order chi connectivity index (χ1) is 9.69. The average molecular weight is 296 g/mol. The van der Waals surface area contributed by atoms with Gasteiger partial charge in [0.2, 0.25) is 0 Å². The molecule has 1 aliphatic carbocycles. The van der Waals surface area contributed by atoms with E-state index in [1.807, 2.05) is 18.2 Å². The lowest BCUT2D eigenvalue weighted by Crippen LogP contribution is -2.23. The van der Waals surface area contributed by atoms with Crippen LogP contribution in [0.25, 0.3) is 0 Å². The molecule has 2 rings (SSSR count). The third-order valence-electron chi connectivity index (χ3n) is 4.12. The van der Waals surface area contributed by atoms with Crippen LogP contribution < -0.4 is 10.5 Å². The monoisotopic (exact) mass is 295 g/mol. The number of hydrogen-bond donors (Lipinski definition) is 1. The summed E-state index contributed by atoms with van der Waals surface area (Å²) >= 11 is 6.12. The Morgan fingerprint density at radius 3 is 2.60 bits per heavy atom. The van der Waals surface area contributed by atoms with Gasteiger partial charge in [0.1, 0.15) is 5.75 Å². The molecule has 0 saturated heterocycles. The van der Waals surface area contributed by atoms with Crippen molar-refractivity contribution in [2.75, 3.05) is 0 Å². The fourth-order valence-electron chi connectivity index (χ4n) is 2.79. The molecule has 1 fully saturated rings. The smallest absolute Gasteiger partial charge is 0.123 e. The predicted molar refractivity (Wildman–Crippen MR) is 85.5 cm³/mol. The maximum Gasteiger partial charge on any atom is 0.123 e. The van der Waals surface area contributed by atoms with Crippen LogP contribution in [-0.4, -0.2) is 12.1 Å². The van der Waals surface area contributed by atoms with Gasteiger partial charge in [0, 0.05) is 11.1 Å². The largest absolute Gasteiger partial charge is 0.490 e. The zero-order valence-electron chi connectivity index (χ0n) is 12.4. The molecule has 2 nitrogen and oxygen atoms in total. The molecule has 0 spiro atoms. The molecule has 0 bridgehead atoms. The Kier molecular flexibility index (Phi) is 6.18. The van der Waals surface area contributed by atoms with E-state index in [1.165, 1.54) is 38.5 Å². The summed E-state index contributed by atoms with van der Waals surface area (Å²) in [7, 11) is 0. The van der Waals surface area contributed by atoms with Crippen molar-refractivity contribution >= 4 is 11.6 Å². The zero-order valence-corrected chi connectivity index (χ0v) is 13.2. The summed E-state index contributed by atoms with van der Waals surface area (Å²) in [5.41, 5.74) is 7.23. The molecule has 112 valence electrons. The van der Waals surface area contributed by atoms with Gasteiger partial charge < -0.3 is 10.5 Å². The van der Waals surface area contributed by atoms with Gasteiger partial charge in [-0.05, 0) is 62.3 Å². The Morgan fingerprint density at radius 2 is 1.95 bits per heavy atom. The van der Waals surface area contributed by atoms with Gasteiger partial charge in [-0.25, -0.2) is 0 Å². The van der Waals surface area contributed by atoms with Crippen LogP contribution in [0.15, 0.2) is 18.2 Å². The first kappa shape index (κ1) is 15.7. The Labute approximate surface area is 127 Å². The van der Waals surface area contributed by atoms with Crippen LogP contribution in [-0.2, 0) is 6.42 Å². The Hall–Kier alpha value is -0.730. The highest BCUT2D eigenvalue weighted by Crippen LogP contribution is 2.28. The summed E-state index contributed by atoms with van der Waals surface area (Å²) in [6.45, 7) is 2.11. The number of halogens is 1. The third-order valence-corrected chi connectivity index (χ3v) is 4.36. The molecule has 1 aromatic rings. The van der Waals surface area contributed by atoms with E-state index < -0.39 is 0 Å². The molecular weight excluding hydrogens is 270 g/mol. The van der Waals surface area contributed by atoms with Crippen molar-refractivity contribution in [2.24, 2.45) is 5.73 Å². The Balaban J connectivity index is 2.08. The molecule has 1 aromatic carbocycles. The molecule has 0 radical (unpaired) electrons. The molecule has 20 heavy (non-hydrogen) atoms. The molecule has 0 aliphatic heterocycles. The lowest BCUT2D eigenvalue weighted by atomic mass is 10.0.